The fraction of sp³-hybridized carbons (Fsp3) is 0.370. The van der Waals surface area contributed by atoms with Crippen molar-refractivity contribution in [2.75, 3.05) is 33.3 Å². The van der Waals surface area contributed by atoms with Crippen molar-refractivity contribution < 1.29 is 19.1 Å². The van der Waals surface area contributed by atoms with Crippen LogP contribution in [0, 0.1) is 5.92 Å². The molecule has 0 saturated carbocycles. The van der Waals surface area contributed by atoms with E-state index in [0.29, 0.717) is 43.9 Å². The van der Waals surface area contributed by atoms with Gasteiger partial charge >= 0.3 is 0 Å². The Morgan fingerprint density at radius 1 is 0.971 bits per heavy atom. The molecule has 0 radical (unpaired) electrons. The lowest BCUT2D eigenvalue weighted by molar-refractivity contribution is -0.138. The number of carbonyl (C=O) groups is 3. The molecule has 1 fully saturated rings. The SMILES string of the molecule is COc1ccc(C(=O)N2CCN(C(=O)C(Cc3c[nH]c4ccccc34)NC(=O)C(C)C)CC2)cc1. The van der Waals surface area contributed by atoms with Crippen molar-refractivity contribution in [2.24, 2.45) is 5.92 Å². The molecule has 1 atom stereocenters. The van der Waals surface area contributed by atoms with Gasteiger partial charge in [-0.15, -0.1) is 0 Å². The molecule has 1 aromatic heterocycles. The summed E-state index contributed by atoms with van der Waals surface area (Å²) in [5, 5.41) is 3.99. The van der Waals surface area contributed by atoms with Crippen molar-refractivity contribution in [1.29, 1.82) is 0 Å². The van der Waals surface area contributed by atoms with Crippen molar-refractivity contribution in [3.8, 4) is 5.75 Å². The second kappa shape index (κ2) is 10.6. The molecule has 1 saturated heterocycles. The van der Waals surface area contributed by atoms with Crippen LogP contribution in [-0.4, -0.2) is 71.8 Å². The number of para-hydroxylation sites is 1. The number of rotatable bonds is 7. The first-order valence-corrected chi connectivity index (χ1v) is 11.9. The third-order valence-electron chi connectivity index (χ3n) is 6.45. The number of H-pyrrole nitrogens is 1. The molecule has 0 aliphatic carbocycles. The first-order chi connectivity index (χ1) is 16.9. The molecule has 8 nitrogen and oxygen atoms in total. The quantitative estimate of drug-likeness (QED) is 0.548. The van der Waals surface area contributed by atoms with Crippen LogP contribution in [0.25, 0.3) is 10.9 Å². The maximum Gasteiger partial charge on any atom is 0.253 e. The summed E-state index contributed by atoms with van der Waals surface area (Å²) in [6, 6.07) is 14.3. The van der Waals surface area contributed by atoms with Crippen LogP contribution < -0.4 is 10.1 Å². The van der Waals surface area contributed by atoms with Crippen molar-refractivity contribution in [2.45, 2.75) is 26.3 Å². The molecule has 3 amide bonds. The summed E-state index contributed by atoms with van der Waals surface area (Å²) in [7, 11) is 1.59. The number of amides is 3. The third kappa shape index (κ3) is 5.48. The Balaban J connectivity index is 1.44. The zero-order valence-electron chi connectivity index (χ0n) is 20.4. The van der Waals surface area contributed by atoms with E-state index in [4.69, 9.17) is 4.74 Å². The van der Waals surface area contributed by atoms with E-state index in [2.05, 4.69) is 10.3 Å². The number of benzene rings is 2. The van der Waals surface area contributed by atoms with Gasteiger partial charge in [-0.05, 0) is 35.9 Å². The van der Waals surface area contributed by atoms with Gasteiger partial charge in [-0.25, -0.2) is 0 Å². The van der Waals surface area contributed by atoms with Crippen LogP contribution in [-0.2, 0) is 16.0 Å². The molecule has 3 aromatic rings. The number of hydrogen-bond donors (Lipinski definition) is 2. The van der Waals surface area contributed by atoms with E-state index in [1.165, 1.54) is 0 Å². The molecule has 2 N–H and O–H groups in total. The molecule has 2 aromatic carbocycles. The average molecular weight is 477 g/mol. The Hall–Kier alpha value is -3.81. The molecule has 184 valence electrons. The van der Waals surface area contributed by atoms with E-state index in [0.717, 1.165) is 16.5 Å². The number of carbonyl (C=O) groups excluding carboxylic acids is 3. The van der Waals surface area contributed by atoms with Gasteiger partial charge in [0.1, 0.15) is 11.8 Å². The Morgan fingerprint density at radius 3 is 2.29 bits per heavy atom. The number of hydrogen-bond acceptors (Lipinski definition) is 4. The summed E-state index contributed by atoms with van der Waals surface area (Å²) >= 11 is 0. The van der Waals surface area contributed by atoms with Gasteiger partial charge < -0.3 is 24.8 Å². The number of methoxy groups -OCH3 is 1. The van der Waals surface area contributed by atoms with E-state index in [1.807, 2.05) is 44.3 Å². The normalized spacial score (nSPS) is 14.7. The van der Waals surface area contributed by atoms with Gasteiger partial charge in [0, 0.05) is 61.2 Å². The number of nitrogens with zero attached hydrogens (tertiary/aromatic N) is 2. The molecule has 0 spiro atoms. The largest absolute Gasteiger partial charge is 0.497 e. The highest BCUT2D eigenvalue weighted by atomic mass is 16.5. The van der Waals surface area contributed by atoms with Gasteiger partial charge in [0.2, 0.25) is 11.8 Å². The second-order valence-electron chi connectivity index (χ2n) is 9.13. The molecule has 35 heavy (non-hydrogen) atoms. The van der Waals surface area contributed by atoms with Crippen molar-refractivity contribution in [3.63, 3.8) is 0 Å². The third-order valence-corrected chi connectivity index (χ3v) is 6.45. The maximum atomic E-state index is 13.5. The standard InChI is InChI=1S/C27H32N4O4/c1-18(2)25(32)29-24(16-20-17-28-23-7-5-4-6-22(20)23)27(34)31-14-12-30(13-15-31)26(33)19-8-10-21(35-3)11-9-19/h4-11,17-18,24,28H,12-16H2,1-3H3,(H,29,32). The van der Waals surface area contributed by atoms with Gasteiger partial charge in [-0.2, -0.15) is 0 Å². The Morgan fingerprint density at radius 2 is 1.63 bits per heavy atom. The monoisotopic (exact) mass is 476 g/mol. The molecule has 4 rings (SSSR count). The van der Waals surface area contributed by atoms with E-state index in [1.54, 1.807) is 41.2 Å². The molecule has 1 aliphatic rings. The number of aromatic amines is 1. The minimum absolute atomic E-state index is 0.0665. The Labute approximate surface area is 205 Å². The van der Waals surface area contributed by atoms with Gasteiger partial charge in [0.15, 0.2) is 0 Å². The Bertz CT molecular complexity index is 1190. The van der Waals surface area contributed by atoms with Crippen molar-refractivity contribution >= 4 is 28.6 Å². The van der Waals surface area contributed by atoms with E-state index >= 15 is 0 Å². The van der Waals surface area contributed by atoms with E-state index < -0.39 is 6.04 Å². The topological polar surface area (TPSA) is 94.7 Å². The lowest BCUT2D eigenvalue weighted by Gasteiger charge is -2.36. The van der Waals surface area contributed by atoms with E-state index in [9.17, 15) is 14.4 Å². The van der Waals surface area contributed by atoms with Crippen LogP contribution in [0.4, 0.5) is 0 Å². The number of fused-ring (bicyclic) bond motifs is 1. The number of aromatic nitrogens is 1. The van der Waals surface area contributed by atoms with Crippen LogP contribution in [0.15, 0.2) is 54.7 Å². The predicted octanol–water partition coefficient (Wildman–Crippen LogP) is 2.84. The minimum Gasteiger partial charge on any atom is -0.497 e. The number of nitrogens with one attached hydrogen (secondary N) is 2. The first kappa shape index (κ1) is 24.3. The molecule has 1 aliphatic heterocycles. The van der Waals surface area contributed by atoms with Crippen LogP contribution >= 0.6 is 0 Å². The summed E-state index contributed by atoms with van der Waals surface area (Å²) in [5.74, 6) is 0.120. The fourth-order valence-corrected chi connectivity index (χ4v) is 4.33. The molecular formula is C27H32N4O4. The fourth-order valence-electron chi connectivity index (χ4n) is 4.33. The molecule has 8 heteroatoms. The van der Waals surface area contributed by atoms with Crippen LogP contribution in [0.5, 0.6) is 5.75 Å². The second-order valence-corrected chi connectivity index (χ2v) is 9.13. The van der Waals surface area contributed by atoms with Gasteiger partial charge in [-0.3, -0.25) is 14.4 Å². The number of piperazine rings is 1. The van der Waals surface area contributed by atoms with Gasteiger partial charge in [-0.1, -0.05) is 32.0 Å². The van der Waals surface area contributed by atoms with Crippen molar-refractivity contribution in [3.05, 3.63) is 65.9 Å². The summed E-state index contributed by atoms with van der Waals surface area (Å²) in [6.45, 7) is 5.34. The zero-order valence-corrected chi connectivity index (χ0v) is 20.4. The smallest absolute Gasteiger partial charge is 0.253 e. The van der Waals surface area contributed by atoms with Gasteiger partial charge in [0.25, 0.3) is 5.91 Å². The number of ether oxygens (including phenoxy) is 1. The first-order valence-electron chi connectivity index (χ1n) is 11.9. The van der Waals surface area contributed by atoms with Crippen LogP contribution in [0.1, 0.15) is 29.8 Å². The van der Waals surface area contributed by atoms with Crippen LogP contribution in [0.2, 0.25) is 0 Å². The summed E-state index contributed by atoms with van der Waals surface area (Å²) in [4.78, 5) is 45.7. The summed E-state index contributed by atoms with van der Waals surface area (Å²) in [5.41, 5.74) is 2.57. The lowest BCUT2D eigenvalue weighted by atomic mass is 10.0. The highest BCUT2D eigenvalue weighted by Crippen LogP contribution is 2.20. The molecular weight excluding hydrogens is 444 g/mol. The lowest BCUT2D eigenvalue weighted by Crippen LogP contribution is -2.56. The highest BCUT2D eigenvalue weighted by molar-refractivity contribution is 5.95. The van der Waals surface area contributed by atoms with Crippen LogP contribution in [0.3, 0.4) is 0 Å². The minimum atomic E-state index is -0.673. The summed E-state index contributed by atoms with van der Waals surface area (Å²) in [6.07, 6.45) is 2.30. The Kier molecular flexibility index (Phi) is 7.39. The molecule has 2 heterocycles. The maximum absolute atomic E-state index is 13.5. The van der Waals surface area contributed by atoms with Gasteiger partial charge in [0.05, 0.1) is 7.11 Å². The highest BCUT2D eigenvalue weighted by Gasteiger charge is 2.31. The van der Waals surface area contributed by atoms with Crippen molar-refractivity contribution in [1.82, 2.24) is 20.1 Å². The molecule has 0 bridgehead atoms. The summed E-state index contributed by atoms with van der Waals surface area (Å²) < 4.78 is 5.16. The molecule has 1 unspecified atom stereocenters. The zero-order chi connectivity index (χ0) is 24.9. The predicted molar refractivity (Wildman–Crippen MR) is 134 cm³/mol. The van der Waals surface area contributed by atoms with E-state index in [-0.39, 0.29) is 23.6 Å². The average Bonchev–Trinajstić information content (AvgIpc) is 3.30.